The van der Waals surface area contributed by atoms with Crippen LogP contribution in [0.3, 0.4) is 0 Å². The minimum atomic E-state index is -5.38. The first-order chi connectivity index (χ1) is 16.0. The van der Waals surface area contributed by atoms with Crippen molar-refractivity contribution in [1.29, 1.82) is 0 Å². The zero-order chi connectivity index (χ0) is 26.5. The van der Waals surface area contributed by atoms with Gasteiger partial charge in [0, 0.05) is 13.8 Å². The lowest BCUT2D eigenvalue weighted by Crippen LogP contribution is -2.47. The molecule has 18 heteroatoms. The Bertz CT molecular complexity index is 1190. The minimum absolute atomic E-state index is 0.108. The number of aromatic nitrogens is 4. The summed E-state index contributed by atoms with van der Waals surface area (Å²) in [6.07, 6.45) is -22.8. The number of imidazole rings is 1. The van der Waals surface area contributed by atoms with E-state index in [1.165, 1.54) is 0 Å². The number of anilines is 1. The summed E-state index contributed by atoms with van der Waals surface area (Å²) in [7, 11) is 0. The zero-order valence-corrected chi connectivity index (χ0v) is 17.6. The van der Waals surface area contributed by atoms with Crippen LogP contribution in [0.2, 0.25) is 0 Å². The van der Waals surface area contributed by atoms with Crippen LogP contribution in [-0.2, 0) is 30.3 Å². The molecule has 1 aliphatic rings. The second-order valence-electron chi connectivity index (χ2n) is 7.37. The van der Waals surface area contributed by atoms with E-state index in [0.29, 0.717) is 6.92 Å². The van der Waals surface area contributed by atoms with Gasteiger partial charge in [0.05, 0.1) is 6.20 Å². The fraction of sp³-hybridized carbons (Fsp3) is 0.588. The van der Waals surface area contributed by atoms with Crippen molar-refractivity contribution < 1.29 is 54.5 Å². The van der Waals surface area contributed by atoms with E-state index in [9.17, 15) is 40.7 Å². The Hall–Kier alpha value is -3.44. The lowest BCUT2D eigenvalue weighted by Gasteiger charge is -2.26. The third-order valence-electron chi connectivity index (χ3n) is 4.74. The van der Waals surface area contributed by atoms with Crippen LogP contribution in [0.4, 0.5) is 36.7 Å². The minimum Gasteiger partial charge on any atom is -0.454 e. The quantitative estimate of drug-likeness (QED) is 0.459. The van der Waals surface area contributed by atoms with Crippen molar-refractivity contribution >= 4 is 29.1 Å². The third kappa shape index (κ3) is 5.30. The Morgan fingerprint density at radius 1 is 1.20 bits per heavy atom. The summed E-state index contributed by atoms with van der Waals surface area (Å²) in [6.45, 7) is -0.508. The van der Waals surface area contributed by atoms with Gasteiger partial charge in [0.15, 0.2) is 24.2 Å². The molecule has 0 aromatic carbocycles. The van der Waals surface area contributed by atoms with Gasteiger partial charge in [-0.1, -0.05) is 0 Å². The van der Waals surface area contributed by atoms with Crippen molar-refractivity contribution in [2.45, 2.75) is 63.5 Å². The van der Waals surface area contributed by atoms with Gasteiger partial charge in [-0.3, -0.25) is 14.2 Å². The molecule has 1 fully saturated rings. The number of carbonyl (C=O) groups excluding carboxylic acids is 2. The largest absolute Gasteiger partial charge is 0.454 e. The molecule has 5 atom stereocenters. The smallest absolute Gasteiger partial charge is 0.428 e. The predicted molar refractivity (Wildman–Crippen MR) is 98.2 cm³/mol. The standard InChI is InChI=1S/C17H16F7N5O6/c1-5(30)33-10-8(18)9(11(17(22,23)24)34-6(2)31)35-13(10)29-12-7(3-26-14(25)27-12)28(15(29)32)4-16(19,20)21/h3,8-11,13H,4H2,1-2H3,(H2,25,26,27)/t8-,9-,10+,11?,13+/m0/s1. The third-order valence-corrected chi connectivity index (χ3v) is 4.74. The molecule has 11 nitrogen and oxygen atoms in total. The number of rotatable bonds is 5. The van der Waals surface area contributed by atoms with Crippen LogP contribution in [-0.4, -0.2) is 67.9 Å². The molecule has 2 aromatic rings. The van der Waals surface area contributed by atoms with Crippen LogP contribution in [0, 0.1) is 0 Å². The van der Waals surface area contributed by atoms with E-state index in [0.717, 1.165) is 13.1 Å². The van der Waals surface area contributed by atoms with Gasteiger partial charge in [-0.05, 0) is 0 Å². The van der Waals surface area contributed by atoms with Gasteiger partial charge in [-0.2, -0.15) is 31.3 Å². The molecule has 2 N–H and O–H groups in total. The fourth-order valence-corrected chi connectivity index (χ4v) is 3.55. The van der Waals surface area contributed by atoms with Crippen LogP contribution < -0.4 is 11.4 Å². The highest BCUT2D eigenvalue weighted by molar-refractivity contribution is 5.72. The average molecular weight is 519 g/mol. The first kappa shape index (κ1) is 26.2. The number of hydrogen-bond acceptors (Lipinski definition) is 9. The molecule has 1 unspecified atom stereocenters. The predicted octanol–water partition coefficient (Wildman–Crippen LogP) is 1.40. The Balaban J connectivity index is 2.21. The highest BCUT2D eigenvalue weighted by atomic mass is 19.4. The van der Waals surface area contributed by atoms with E-state index in [-0.39, 0.29) is 9.13 Å². The van der Waals surface area contributed by atoms with Crippen molar-refractivity contribution in [3.05, 3.63) is 16.7 Å². The highest BCUT2D eigenvalue weighted by Gasteiger charge is 2.60. The number of esters is 2. The molecular weight excluding hydrogens is 503 g/mol. The van der Waals surface area contributed by atoms with Crippen molar-refractivity contribution in [2.24, 2.45) is 0 Å². The zero-order valence-electron chi connectivity index (χ0n) is 17.6. The second-order valence-corrected chi connectivity index (χ2v) is 7.37. The number of ether oxygens (including phenoxy) is 3. The number of nitrogen functional groups attached to an aromatic ring is 1. The molecule has 2 aromatic heterocycles. The number of hydrogen-bond donors (Lipinski definition) is 1. The maximum atomic E-state index is 15.2. The van der Waals surface area contributed by atoms with Crippen LogP contribution in [0.1, 0.15) is 20.1 Å². The van der Waals surface area contributed by atoms with Gasteiger partial charge in [-0.25, -0.2) is 18.7 Å². The molecule has 0 bridgehead atoms. The van der Waals surface area contributed by atoms with Crippen molar-refractivity contribution in [2.75, 3.05) is 5.73 Å². The molecule has 3 heterocycles. The summed E-state index contributed by atoms with van der Waals surface area (Å²) in [4.78, 5) is 42.8. The molecule has 35 heavy (non-hydrogen) atoms. The number of halogens is 7. The fourth-order valence-electron chi connectivity index (χ4n) is 3.55. The van der Waals surface area contributed by atoms with Crippen molar-refractivity contribution in [1.82, 2.24) is 19.1 Å². The number of nitrogens with two attached hydrogens (primary N) is 1. The molecule has 1 saturated heterocycles. The van der Waals surface area contributed by atoms with E-state index >= 15 is 4.39 Å². The van der Waals surface area contributed by atoms with Crippen LogP contribution in [0.25, 0.3) is 11.2 Å². The topological polar surface area (TPSA) is 141 Å². The summed E-state index contributed by atoms with van der Waals surface area (Å²) >= 11 is 0. The summed E-state index contributed by atoms with van der Waals surface area (Å²) in [5, 5.41) is 0. The van der Waals surface area contributed by atoms with Gasteiger partial charge < -0.3 is 19.9 Å². The maximum absolute atomic E-state index is 15.2. The second kappa shape index (κ2) is 8.97. The molecule has 0 radical (unpaired) electrons. The van der Waals surface area contributed by atoms with E-state index < -0.39 is 84.3 Å². The maximum Gasteiger partial charge on any atom is 0.428 e. The Labute approximate surface area is 189 Å². The van der Waals surface area contributed by atoms with Gasteiger partial charge in [0.2, 0.25) is 12.1 Å². The van der Waals surface area contributed by atoms with E-state index in [2.05, 4.69) is 14.7 Å². The molecule has 0 spiro atoms. The number of alkyl halides is 7. The Kier molecular flexibility index (Phi) is 6.71. The molecule has 0 aliphatic carbocycles. The van der Waals surface area contributed by atoms with E-state index in [1.54, 1.807) is 0 Å². The summed E-state index contributed by atoms with van der Waals surface area (Å²) in [6, 6.07) is 0. The van der Waals surface area contributed by atoms with Crippen molar-refractivity contribution in [3.63, 3.8) is 0 Å². The van der Waals surface area contributed by atoms with E-state index in [1.807, 2.05) is 0 Å². The average Bonchev–Trinajstić information content (AvgIpc) is 3.11. The van der Waals surface area contributed by atoms with Crippen molar-refractivity contribution in [3.8, 4) is 0 Å². The van der Waals surface area contributed by atoms with Gasteiger partial charge in [0.1, 0.15) is 18.2 Å². The number of carbonyl (C=O) groups is 2. The van der Waals surface area contributed by atoms with Gasteiger partial charge in [-0.15, -0.1) is 0 Å². The summed E-state index contributed by atoms with van der Waals surface area (Å²) in [5.41, 5.74) is 2.64. The summed E-state index contributed by atoms with van der Waals surface area (Å²) in [5.74, 6) is -3.24. The number of fused-ring (bicyclic) bond motifs is 1. The molecule has 0 saturated carbocycles. The molecule has 0 amide bonds. The summed E-state index contributed by atoms with van der Waals surface area (Å²) < 4.78 is 109. The lowest BCUT2D eigenvalue weighted by molar-refractivity contribution is -0.252. The molecule has 194 valence electrons. The first-order valence-electron chi connectivity index (χ1n) is 9.52. The lowest BCUT2D eigenvalue weighted by atomic mass is 10.1. The monoisotopic (exact) mass is 519 g/mol. The molecule has 1 aliphatic heterocycles. The van der Waals surface area contributed by atoms with Crippen LogP contribution >= 0.6 is 0 Å². The Morgan fingerprint density at radius 3 is 2.34 bits per heavy atom. The Morgan fingerprint density at radius 2 is 1.83 bits per heavy atom. The normalized spacial score (nSPS) is 23.9. The van der Waals surface area contributed by atoms with E-state index in [4.69, 9.17) is 15.2 Å². The molecular formula is C17H16F7N5O6. The van der Waals surface area contributed by atoms with Gasteiger partial charge >= 0.3 is 30.0 Å². The van der Waals surface area contributed by atoms with Crippen LogP contribution in [0.15, 0.2) is 11.0 Å². The first-order valence-corrected chi connectivity index (χ1v) is 9.52. The molecule has 3 rings (SSSR count). The van der Waals surface area contributed by atoms with Gasteiger partial charge in [0.25, 0.3) is 0 Å². The van der Waals surface area contributed by atoms with Crippen LogP contribution in [0.5, 0.6) is 0 Å². The highest BCUT2D eigenvalue weighted by Crippen LogP contribution is 2.41. The number of nitrogens with zero attached hydrogens (tertiary/aromatic N) is 4. The SMILES string of the molecule is CC(=O)OC([C@H]1O[C@@H](n2c(=O)n(CC(F)(F)F)c3cnc(N)nc32)[C@H](OC(C)=O)[C@H]1F)C(F)(F)F.